The van der Waals surface area contributed by atoms with E-state index in [4.69, 9.17) is 0 Å². The van der Waals surface area contributed by atoms with Crippen molar-refractivity contribution in [3.8, 4) is 11.3 Å². The number of carbonyl (C=O) groups excluding carboxylic acids is 3. The summed E-state index contributed by atoms with van der Waals surface area (Å²) in [6, 6.07) is 9.33. The molecule has 2 aliphatic rings. The van der Waals surface area contributed by atoms with E-state index in [2.05, 4.69) is 20.9 Å². The first-order valence-corrected chi connectivity index (χ1v) is 10.7. The van der Waals surface area contributed by atoms with Gasteiger partial charge in [-0.2, -0.15) is 0 Å². The third-order valence-electron chi connectivity index (χ3n) is 5.90. The van der Waals surface area contributed by atoms with E-state index >= 15 is 0 Å². The molecule has 0 atom stereocenters. The van der Waals surface area contributed by atoms with Gasteiger partial charge in [0, 0.05) is 44.7 Å². The monoisotopic (exact) mass is 424 g/mol. The lowest BCUT2D eigenvalue weighted by Crippen LogP contribution is -2.47. The molecule has 31 heavy (non-hydrogen) atoms. The highest BCUT2D eigenvalue weighted by Crippen LogP contribution is 2.25. The van der Waals surface area contributed by atoms with Crippen LogP contribution in [-0.2, 0) is 11.8 Å². The minimum Gasteiger partial charge on any atom is -0.335 e. The molecule has 9 nitrogen and oxygen atoms in total. The van der Waals surface area contributed by atoms with Crippen LogP contribution in [0.15, 0.2) is 30.3 Å². The lowest BCUT2D eigenvalue weighted by Gasteiger charge is -2.27. The van der Waals surface area contributed by atoms with Gasteiger partial charge in [0.15, 0.2) is 5.82 Å². The predicted molar refractivity (Wildman–Crippen MR) is 115 cm³/mol. The second-order valence-corrected chi connectivity index (χ2v) is 7.94. The van der Waals surface area contributed by atoms with Gasteiger partial charge in [-0.05, 0) is 25.9 Å². The summed E-state index contributed by atoms with van der Waals surface area (Å²) in [6.07, 6.45) is 1.39. The molecule has 0 saturated carbocycles. The predicted octanol–water partition coefficient (Wildman–Crippen LogP) is 0.389. The smallest absolute Gasteiger partial charge is 0.293 e. The second-order valence-electron chi connectivity index (χ2n) is 7.94. The summed E-state index contributed by atoms with van der Waals surface area (Å²) < 4.78 is 1.51. The molecule has 164 valence electrons. The number of imidazole rings is 1. The number of imide groups is 1. The van der Waals surface area contributed by atoms with Crippen LogP contribution in [0.25, 0.3) is 11.3 Å². The molecule has 1 aromatic heterocycles. The fourth-order valence-electron chi connectivity index (χ4n) is 4.12. The van der Waals surface area contributed by atoms with Crippen molar-refractivity contribution >= 4 is 17.7 Å². The zero-order valence-electron chi connectivity index (χ0n) is 17.7. The van der Waals surface area contributed by atoms with Crippen LogP contribution < -0.4 is 16.0 Å². The van der Waals surface area contributed by atoms with Crippen molar-refractivity contribution in [2.24, 2.45) is 13.0 Å². The molecule has 3 amide bonds. The van der Waals surface area contributed by atoms with Crippen molar-refractivity contribution in [2.75, 3.05) is 39.3 Å². The van der Waals surface area contributed by atoms with E-state index in [1.165, 1.54) is 4.57 Å². The lowest BCUT2D eigenvalue weighted by atomic mass is 9.97. The average Bonchev–Trinajstić information content (AvgIpc) is 3.17. The Kier molecular flexibility index (Phi) is 6.43. The van der Waals surface area contributed by atoms with Crippen LogP contribution in [0, 0.1) is 5.92 Å². The van der Waals surface area contributed by atoms with Crippen LogP contribution in [0.4, 0.5) is 0 Å². The van der Waals surface area contributed by atoms with Crippen molar-refractivity contribution in [3.63, 3.8) is 0 Å². The minimum absolute atomic E-state index is 0.0552. The van der Waals surface area contributed by atoms with E-state index in [0.29, 0.717) is 37.3 Å². The summed E-state index contributed by atoms with van der Waals surface area (Å²) in [5.74, 6) is -1.17. The Hall–Kier alpha value is -3.04. The quantitative estimate of drug-likeness (QED) is 0.613. The Morgan fingerprint density at radius 2 is 1.65 bits per heavy atom. The highest BCUT2D eigenvalue weighted by molar-refractivity contribution is 6.06. The van der Waals surface area contributed by atoms with Crippen LogP contribution in [0.2, 0.25) is 0 Å². The van der Waals surface area contributed by atoms with E-state index in [1.807, 2.05) is 30.3 Å². The number of nitrogens with one attached hydrogen (secondary N) is 3. The van der Waals surface area contributed by atoms with Gasteiger partial charge in [0.25, 0.3) is 11.8 Å². The molecular weight excluding hydrogens is 396 g/mol. The number of carbonyl (C=O) groups is 3. The van der Waals surface area contributed by atoms with E-state index in [9.17, 15) is 14.4 Å². The Bertz CT molecular complexity index is 959. The minimum atomic E-state index is -0.581. The number of benzene rings is 1. The van der Waals surface area contributed by atoms with Gasteiger partial charge in [0.1, 0.15) is 11.4 Å². The maximum absolute atomic E-state index is 13.4. The number of hydrogen-bond acceptors (Lipinski definition) is 6. The molecule has 2 aliphatic heterocycles. The van der Waals surface area contributed by atoms with Gasteiger partial charge in [0.2, 0.25) is 5.91 Å². The number of aromatic nitrogens is 2. The Morgan fingerprint density at radius 1 is 1.00 bits per heavy atom. The standard InChI is InChI=1S/C22H28N6O3/c1-27-18(22(31)28-13-11-24-12-14-28)17(15-5-3-2-4-6-15)25-19(27)21(30)26-20(29)16-7-9-23-10-8-16/h2-6,16,23-24H,7-14H2,1H3,(H,26,29,30). The van der Waals surface area contributed by atoms with Gasteiger partial charge in [-0.25, -0.2) is 4.98 Å². The molecule has 2 saturated heterocycles. The fourth-order valence-corrected chi connectivity index (χ4v) is 4.12. The van der Waals surface area contributed by atoms with Crippen molar-refractivity contribution in [1.29, 1.82) is 0 Å². The number of piperazine rings is 1. The molecule has 3 N–H and O–H groups in total. The lowest BCUT2D eigenvalue weighted by molar-refractivity contribution is -0.124. The van der Waals surface area contributed by atoms with Gasteiger partial charge in [0.05, 0.1) is 0 Å². The molecule has 0 aliphatic carbocycles. The molecular formula is C22H28N6O3. The first kappa shape index (κ1) is 21.2. The molecule has 9 heteroatoms. The number of piperidine rings is 1. The number of hydrogen-bond donors (Lipinski definition) is 3. The van der Waals surface area contributed by atoms with E-state index in [-0.39, 0.29) is 23.6 Å². The molecule has 0 unspecified atom stereocenters. The molecule has 4 rings (SSSR count). The van der Waals surface area contributed by atoms with Crippen LogP contribution >= 0.6 is 0 Å². The van der Waals surface area contributed by atoms with Crippen molar-refractivity contribution in [1.82, 2.24) is 30.4 Å². The third-order valence-corrected chi connectivity index (χ3v) is 5.90. The van der Waals surface area contributed by atoms with Crippen molar-refractivity contribution in [2.45, 2.75) is 12.8 Å². The summed E-state index contributed by atoms with van der Waals surface area (Å²) in [5, 5.41) is 8.94. The van der Waals surface area contributed by atoms with Gasteiger partial charge in [-0.1, -0.05) is 30.3 Å². The molecule has 2 aromatic rings. The summed E-state index contributed by atoms with van der Waals surface area (Å²) in [4.78, 5) is 45.1. The van der Waals surface area contributed by atoms with E-state index in [0.717, 1.165) is 31.7 Å². The Labute approximate surface area is 181 Å². The van der Waals surface area contributed by atoms with E-state index < -0.39 is 5.91 Å². The van der Waals surface area contributed by atoms with Gasteiger partial charge in [-0.3, -0.25) is 19.7 Å². The van der Waals surface area contributed by atoms with Gasteiger partial charge in [-0.15, -0.1) is 0 Å². The average molecular weight is 425 g/mol. The molecule has 0 bridgehead atoms. The zero-order chi connectivity index (χ0) is 21.8. The van der Waals surface area contributed by atoms with Crippen LogP contribution in [0.5, 0.6) is 0 Å². The molecule has 0 radical (unpaired) electrons. The Morgan fingerprint density at radius 3 is 2.32 bits per heavy atom. The maximum atomic E-state index is 13.4. The fraction of sp³-hybridized carbons (Fsp3) is 0.455. The SMILES string of the molecule is Cn1c(C(=O)NC(=O)C2CCNCC2)nc(-c2ccccc2)c1C(=O)N1CCNCC1. The summed E-state index contributed by atoms with van der Waals surface area (Å²) in [6.45, 7) is 4.15. The summed E-state index contributed by atoms with van der Waals surface area (Å²) in [7, 11) is 1.65. The van der Waals surface area contributed by atoms with Crippen LogP contribution in [-0.4, -0.2) is 71.4 Å². The Balaban J connectivity index is 1.65. The normalized spacial score (nSPS) is 17.4. The topological polar surface area (TPSA) is 108 Å². The van der Waals surface area contributed by atoms with Gasteiger partial charge < -0.3 is 20.1 Å². The molecule has 0 spiro atoms. The first-order valence-electron chi connectivity index (χ1n) is 10.7. The molecule has 3 heterocycles. The zero-order valence-corrected chi connectivity index (χ0v) is 17.7. The summed E-state index contributed by atoms with van der Waals surface area (Å²) in [5.41, 5.74) is 1.55. The molecule has 2 fully saturated rings. The van der Waals surface area contributed by atoms with Crippen molar-refractivity contribution < 1.29 is 14.4 Å². The number of nitrogens with zero attached hydrogens (tertiary/aromatic N) is 3. The molecule has 1 aromatic carbocycles. The third kappa shape index (κ3) is 4.52. The highest BCUT2D eigenvalue weighted by atomic mass is 16.2. The number of amides is 3. The van der Waals surface area contributed by atoms with Crippen LogP contribution in [0.1, 0.15) is 33.9 Å². The first-order chi connectivity index (χ1) is 15.1. The number of rotatable bonds is 4. The maximum Gasteiger partial charge on any atom is 0.293 e. The van der Waals surface area contributed by atoms with Gasteiger partial charge >= 0.3 is 0 Å². The van der Waals surface area contributed by atoms with Crippen LogP contribution in [0.3, 0.4) is 0 Å². The highest BCUT2D eigenvalue weighted by Gasteiger charge is 2.31. The summed E-state index contributed by atoms with van der Waals surface area (Å²) >= 11 is 0. The van der Waals surface area contributed by atoms with Crippen molar-refractivity contribution in [3.05, 3.63) is 41.9 Å². The largest absolute Gasteiger partial charge is 0.335 e. The second kappa shape index (κ2) is 9.40. The van der Waals surface area contributed by atoms with E-state index in [1.54, 1.807) is 11.9 Å².